The molecule has 0 aliphatic carbocycles. The van der Waals surface area contributed by atoms with Crippen molar-refractivity contribution in [3.63, 3.8) is 0 Å². The molecule has 1 aliphatic rings. The summed E-state index contributed by atoms with van der Waals surface area (Å²) in [5.41, 5.74) is 0.965. The van der Waals surface area contributed by atoms with Crippen LogP contribution in [0.25, 0.3) is 0 Å². The lowest BCUT2D eigenvalue weighted by atomic mass is 9.96. The van der Waals surface area contributed by atoms with Crippen LogP contribution in [0.5, 0.6) is 0 Å². The Morgan fingerprint density at radius 2 is 2.16 bits per heavy atom. The topological polar surface area (TPSA) is 44.4 Å². The van der Waals surface area contributed by atoms with Crippen molar-refractivity contribution in [3.05, 3.63) is 35.6 Å². The normalized spacial score (nSPS) is 18.6. The molecule has 0 bridgehead atoms. The number of likely N-dealkylation sites (tertiary alicyclic amines) is 1. The second-order valence-electron chi connectivity index (χ2n) is 6.41. The summed E-state index contributed by atoms with van der Waals surface area (Å²) in [4.78, 5) is 14.6. The van der Waals surface area contributed by atoms with Gasteiger partial charge in [0.15, 0.2) is 0 Å². The number of carbonyl (C=O) groups excluding carboxylic acids is 1. The van der Waals surface area contributed by atoms with E-state index in [2.05, 4.69) is 29.4 Å². The van der Waals surface area contributed by atoms with E-state index < -0.39 is 0 Å². The molecular formula is C18H30Cl2FN3O. The molecule has 2 atom stereocenters. The largest absolute Gasteiger partial charge is 0.354 e. The molecule has 1 heterocycles. The van der Waals surface area contributed by atoms with Gasteiger partial charge >= 0.3 is 0 Å². The van der Waals surface area contributed by atoms with E-state index in [1.54, 1.807) is 12.1 Å². The van der Waals surface area contributed by atoms with Gasteiger partial charge in [0.05, 0.1) is 5.92 Å². The van der Waals surface area contributed by atoms with E-state index in [4.69, 9.17) is 0 Å². The standard InChI is InChI=1S/C18H28FN3O.2ClH/c1-3-20-14(2)11-21-18(23)16-7-5-9-22(13-16)12-15-6-4-8-17(19)10-15;;/h4,6,8,10,14,16,20H,3,5,7,9,11-13H2,1-2H3,(H,21,23);2*1H/t14-,16?;;/m1../s1. The van der Waals surface area contributed by atoms with Gasteiger partial charge in [-0.2, -0.15) is 0 Å². The molecule has 1 saturated heterocycles. The molecule has 1 aliphatic heterocycles. The van der Waals surface area contributed by atoms with Gasteiger partial charge in [0.2, 0.25) is 5.91 Å². The molecule has 7 heteroatoms. The molecule has 1 amide bonds. The third-order valence-electron chi connectivity index (χ3n) is 4.31. The lowest BCUT2D eigenvalue weighted by Gasteiger charge is -2.32. The highest BCUT2D eigenvalue weighted by atomic mass is 35.5. The fourth-order valence-electron chi connectivity index (χ4n) is 3.13. The molecule has 0 aromatic heterocycles. The van der Waals surface area contributed by atoms with E-state index in [-0.39, 0.29) is 48.5 Å². The first-order valence-electron chi connectivity index (χ1n) is 8.56. The van der Waals surface area contributed by atoms with E-state index in [0.717, 1.165) is 38.0 Å². The lowest BCUT2D eigenvalue weighted by molar-refractivity contribution is -0.126. The van der Waals surface area contributed by atoms with Crippen LogP contribution in [0.4, 0.5) is 4.39 Å². The number of nitrogens with one attached hydrogen (secondary N) is 2. The number of piperidine rings is 1. The number of likely N-dealkylation sites (N-methyl/N-ethyl adjacent to an activating group) is 1. The summed E-state index contributed by atoms with van der Waals surface area (Å²) >= 11 is 0. The third-order valence-corrected chi connectivity index (χ3v) is 4.31. The maximum atomic E-state index is 13.3. The third kappa shape index (κ3) is 8.36. The lowest BCUT2D eigenvalue weighted by Crippen LogP contribution is -2.46. The van der Waals surface area contributed by atoms with Gasteiger partial charge in [0, 0.05) is 25.7 Å². The first-order valence-corrected chi connectivity index (χ1v) is 8.56. The van der Waals surface area contributed by atoms with Gasteiger partial charge < -0.3 is 10.6 Å². The highest BCUT2D eigenvalue weighted by Gasteiger charge is 2.25. The van der Waals surface area contributed by atoms with Crippen LogP contribution in [0.3, 0.4) is 0 Å². The smallest absolute Gasteiger partial charge is 0.224 e. The van der Waals surface area contributed by atoms with Gasteiger partial charge in [-0.15, -0.1) is 24.8 Å². The number of rotatable bonds is 7. The predicted molar refractivity (Wildman–Crippen MR) is 105 cm³/mol. The molecule has 0 radical (unpaired) electrons. The maximum absolute atomic E-state index is 13.3. The van der Waals surface area contributed by atoms with Crippen molar-refractivity contribution in [1.82, 2.24) is 15.5 Å². The number of halogens is 3. The van der Waals surface area contributed by atoms with Gasteiger partial charge in [0.1, 0.15) is 5.82 Å². The molecule has 1 unspecified atom stereocenters. The molecular weight excluding hydrogens is 364 g/mol. The number of amides is 1. The summed E-state index contributed by atoms with van der Waals surface area (Å²) < 4.78 is 13.3. The first-order chi connectivity index (χ1) is 11.1. The van der Waals surface area contributed by atoms with Gasteiger partial charge in [-0.05, 0) is 50.6 Å². The van der Waals surface area contributed by atoms with Crippen molar-refractivity contribution in [2.45, 2.75) is 39.3 Å². The average molecular weight is 394 g/mol. The van der Waals surface area contributed by atoms with E-state index in [1.807, 2.05) is 6.07 Å². The quantitative estimate of drug-likeness (QED) is 0.748. The van der Waals surface area contributed by atoms with E-state index >= 15 is 0 Å². The van der Waals surface area contributed by atoms with Crippen molar-refractivity contribution in [1.29, 1.82) is 0 Å². The molecule has 4 nitrogen and oxygen atoms in total. The Morgan fingerprint density at radius 1 is 1.40 bits per heavy atom. The van der Waals surface area contributed by atoms with Crippen molar-refractivity contribution >= 4 is 30.7 Å². The Bertz CT molecular complexity index is 519. The number of nitrogens with zero attached hydrogens (tertiary/aromatic N) is 1. The highest BCUT2D eigenvalue weighted by molar-refractivity contribution is 5.85. The zero-order chi connectivity index (χ0) is 16.7. The minimum Gasteiger partial charge on any atom is -0.354 e. The SMILES string of the molecule is CCN[C@H](C)CNC(=O)C1CCCN(Cc2cccc(F)c2)C1.Cl.Cl. The van der Waals surface area contributed by atoms with E-state index in [1.165, 1.54) is 6.07 Å². The second kappa shape index (κ2) is 12.5. The summed E-state index contributed by atoms with van der Waals surface area (Å²) in [5, 5.41) is 6.33. The van der Waals surface area contributed by atoms with Gasteiger partial charge in [-0.25, -0.2) is 4.39 Å². The molecule has 1 fully saturated rings. The minimum absolute atomic E-state index is 0. The number of hydrogen-bond acceptors (Lipinski definition) is 3. The first kappa shape index (κ1) is 24.1. The summed E-state index contributed by atoms with van der Waals surface area (Å²) in [6.07, 6.45) is 1.94. The van der Waals surface area contributed by atoms with Crippen LogP contribution >= 0.6 is 24.8 Å². The molecule has 1 aromatic rings. The van der Waals surface area contributed by atoms with Crippen molar-refractivity contribution in [2.75, 3.05) is 26.2 Å². The number of hydrogen-bond donors (Lipinski definition) is 2. The molecule has 2 rings (SSSR count). The van der Waals surface area contributed by atoms with Gasteiger partial charge in [-0.1, -0.05) is 19.1 Å². The van der Waals surface area contributed by atoms with Crippen molar-refractivity contribution in [2.24, 2.45) is 5.92 Å². The Balaban J connectivity index is 0.00000288. The highest BCUT2D eigenvalue weighted by Crippen LogP contribution is 2.19. The zero-order valence-electron chi connectivity index (χ0n) is 15.0. The van der Waals surface area contributed by atoms with Crippen LogP contribution in [0.15, 0.2) is 24.3 Å². The Labute approximate surface area is 162 Å². The van der Waals surface area contributed by atoms with Crippen LogP contribution in [-0.4, -0.2) is 43.0 Å². The number of benzene rings is 1. The second-order valence-corrected chi connectivity index (χ2v) is 6.41. The minimum atomic E-state index is -0.203. The summed E-state index contributed by atoms with van der Waals surface area (Å²) in [5.74, 6) is -0.0314. The predicted octanol–water partition coefficient (Wildman–Crippen LogP) is 3.00. The van der Waals surface area contributed by atoms with E-state index in [0.29, 0.717) is 13.1 Å². The molecule has 1 aromatic carbocycles. The molecule has 2 N–H and O–H groups in total. The van der Waals surface area contributed by atoms with Crippen LogP contribution in [0.2, 0.25) is 0 Å². The Hall–Kier alpha value is -0.880. The number of carbonyl (C=O) groups is 1. The summed E-state index contributed by atoms with van der Waals surface area (Å²) in [6, 6.07) is 6.99. The van der Waals surface area contributed by atoms with Crippen LogP contribution in [-0.2, 0) is 11.3 Å². The molecule has 0 spiro atoms. The Kier molecular flexibility index (Phi) is 12.0. The molecule has 144 valence electrons. The fourth-order valence-corrected chi connectivity index (χ4v) is 3.13. The molecule has 25 heavy (non-hydrogen) atoms. The van der Waals surface area contributed by atoms with Gasteiger partial charge in [-0.3, -0.25) is 9.69 Å². The zero-order valence-corrected chi connectivity index (χ0v) is 16.6. The molecule has 0 saturated carbocycles. The van der Waals surface area contributed by atoms with E-state index in [9.17, 15) is 9.18 Å². The maximum Gasteiger partial charge on any atom is 0.224 e. The summed E-state index contributed by atoms with van der Waals surface area (Å²) in [6.45, 7) is 8.11. The fraction of sp³-hybridized carbons (Fsp3) is 0.611. The van der Waals surface area contributed by atoms with Crippen LogP contribution in [0.1, 0.15) is 32.3 Å². The van der Waals surface area contributed by atoms with Crippen molar-refractivity contribution < 1.29 is 9.18 Å². The van der Waals surface area contributed by atoms with Crippen LogP contribution in [0, 0.1) is 11.7 Å². The average Bonchev–Trinajstić information content (AvgIpc) is 2.53. The Morgan fingerprint density at radius 3 is 2.84 bits per heavy atom. The summed E-state index contributed by atoms with van der Waals surface area (Å²) in [7, 11) is 0. The van der Waals surface area contributed by atoms with Crippen molar-refractivity contribution in [3.8, 4) is 0 Å². The van der Waals surface area contributed by atoms with Gasteiger partial charge in [0.25, 0.3) is 0 Å². The monoisotopic (exact) mass is 393 g/mol. The van der Waals surface area contributed by atoms with Crippen LogP contribution < -0.4 is 10.6 Å².